The summed E-state index contributed by atoms with van der Waals surface area (Å²) in [5.41, 5.74) is 2.07. The highest BCUT2D eigenvalue weighted by atomic mass is 19.1. The standard InChI is InChI=1S/C35H38FN7O5/c1-23-34(39-40-43(23)28-8-5-6-9-31(28)45-3)35(44)38-24-10-11-30(26(36)20-24)48-29-12-13-37-27-22-33(32(46-4)21-25(27)29)47-19-7-14-42-17-15-41(2)16-18-42/h5-6,8-13,20-22H,7,14-19H2,1-4H3,(H,38,44). The maximum absolute atomic E-state index is 15.3. The molecule has 1 aliphatic heterocycles. The fourth-order valence-electron chi connectivity index (χ4n) is 5.57. The third kappa shape index (κ3) is 7.16. The van der Waals surface area contributed by atoms with Gasteiger partial charge in [-0.3, -0.25) is 9.78 Å². The summed E-state index contributed by atoms with van der Waals surface area (Å²) in [6, 6.07) is 16.7. The Balaban J connectivity index is 1.12. The topological polar surface area (TPSA) is 116 Å². The van der Waals surface area contributed by atoms with E-state index in [0.29, 0.717) is 51.9 Å². The van der Waals surface area contributed by atoms with E-state index in [1.165, 1.54) is 16.8 Å². The molecule has 3 aromatic carbocycles. The molecule has 1 aliphatic rings. The van der Waals surface area contributed by atoms with Gasteiger partial charge in [0.1, 0.15) is 17.2 Å². The molecule has 0 saturated carbocycles. The van der Waals surface area contributed by atoms with Gasteiger partial charge in [0.05, 0.1) is 32.0 Å². The van der Waals surface area contributed by atoms with Crippen molar-refractivity contribution in [2.24, 2.45) is 0 Å². The van der Waals surface area contributed by atoms with E-state index in [1.54, 1.807) is 57.7 Å². The number of hydrogen-bond donors (Lipinski definition) is 1. The Bertz CT molecular complexity index is 1910. The highest BCUT2D eigenvalue weighted by molar-refractivity contribution is 6.03. The van der Waals surface area contributed by atoms with Crippen LogP contribution < -0.4 is 24.3 Å². The van der Waals surface area contributed by atoms with E-state index in [9.17, 15) is 4.79 Å². The van der Waals surface area contributed by atoms with Crippen LogP contribution in [0.25, 0.3) is 16.6 Å². The summed E-state index contributed by atoms with van der Waals surface area (Å²) in [5, 5.41) is 11.5. The molecule has 0 spiro atoms. The smallest absolute Gasteiger partial charge is 0.278 e. The molecule has 6 rings (SSSR count). The van der Waals surface area contributed by atoms with E-state index in [2.05, 4.69) is 37.5 Å². The normalized spacial score (nSPS) is 13.8. The number of hydrogen-bond acceptors (Lipinski definition) is 10. The van der Waals surface area contributed by atoms with Gasteiger partial charge in [-0.15, -0.1) is 5.10 Å². The number of nitrogens with zero attached hydrogens (tertiary/aromatic N) is 6. The van der Waals surface area contributed by atoms with Crippen molar-refractivity contribution in [1.82, 2.24) is 29.8 Å². The highest BCUT2D eigenvalue weighted by Crippen LogP contribution is 2.38. The minimum Gasteiger partial charge on any atom is -0.494 e. The lowest BCUT2D eigenvalue weighted by Gasteiger charge is -2.32. The van der Waals surface area contributed by atoms with Gasteiger partial charge in [0, 0.05) is 62.1 Å². The molecular formula is C35H38FN7O5. The van der Waals surface area contributed by atoms with Gasteiger partial charge in [0.25, 0.3) is 5.91 Å². The summed E-state index contributed by atoms with van der Waals surface area (Å²) in [5.74, 6) is 0.845. The summed E-state index contributed by atoms with van der Waals surface area (Å²) in [6.45, 7) is 7.52. The summed E-state index contributed by atoms with van der Waals surface area (Å²) in [7, 11) is 5.27. The van der Waals surface area contributed by atoms with E-state index in [4.69, 9.17) is 18.9 Å². The molecule has 0 atom stereocenters. The third-order valence-electron chi connectivity index (χ3n) is 8.29. The average molecular weight is 656 g/mol. The lowest BCUT2D eigenvalue weighted by molar-refractivity contribution is 0.102. The van der Waals surface area contributed by atoms with Crippen LogP contribution in [0.3, 0.4) is 0 Å². The second-order valence-corrected chi connectivity index (χ2v) is 11.5. The van der Waals surface area contributed by atoms with Crippen molar-refractivity contribution in [3.63, 3.8) is 0 Å². The Morgan fingerprint density at radius 1 is 0.917 bits per heavy atom. The number of likely N-dealkylation sites (N-methyl/N-ethyl adjacent to an activating group) is 1. The van der Waals surface area contributed by atoms with E-state index in [1.807, 2.05) is 18.2 Å². The number of rotatable bonds is 12. The van der Waals surface area contributed by atoms with Crippen LogP contribution in [0, 0.1) is 12.7 Å². The van der Waals surface area contributed by atoms with Gasteiger partial charge in [-0.25, -0.2) is 9.07 Å². The molecule has 1 N–H and O–H groups in total. The molecule has 1 amide bonds. The van der Waals surface area contributed by atoms with Crippen LogP contribution in [-0.2, 0) is 0 Å². The summed E-state index contributed by atoms with van der Waals surface area (Å²) in [4.78, 5) is 22.3. The molecule has 12 nitrogen and oxygen atoms in total. The van der Waals surface area contributed by atoms with Gasteiger partial charge >= 0.3 is 0 Å². The van der Waals surface area contributed by atoms with Crippen molar-refractivity contribution in [1.29, 1.82) is 0 Å². The molecule has 0 bridgehead atoms. The van der Waals surface area contributed by atoms with Crippen LogP contribution >= 0.6 is 0 Å². The summed E-state index contributed by atoms with van der Waals surface area (Å²) < 4.78 is 40.0. The van der Waals surface area contributed by atoms with Crippen molar-refractivity contribution in [3.05, 3.63) is 84.1 Å². The molecule has 1 fully saturated rings. The number of nitrogens with one attached hydrogen (secondary N) is 1. The maximum Gasteiger partial charge on any atom is 0.278 e. The fourth-order valence-corrected chi connectivity index (χ4v) is 5.57. The highest BCUT2D eigenvalue weighted by Gasteiger charge is 2.20. The number of fused-ring (bicyclic) bond motifs is 1. The van der Waals surface area contributed by atoms with E-state index in [-0.39, 0.29) is 17.1 Å². The first kappa shape index (κ1) is 32.7. The van der Waals surface area contributed by atoms with Crippen molar-refractivity contribution >= 4 is 22.5 Å². The minimum atomic E-state index is -0.667. The van der Waals surface area contributed by atoms with Gasteiger partial charge < -0.3 is 34.1 Å². The molecule has 1 saturated heterocycles. The number of ether oxygens (including phenoxy) is 4. The first-order chi connectivity index (χ1) is 23.3. The largest absolute Gasteiger partial charge is 0.494 e. The van der Waals surface area contributed by atoms with Gasteiger partial charge in [-0.2, -0.15) is 0 Å². The minimum absolute atomic E-state index is 0.0259. The molecule has 5 aromatic rings. The van der Waals surface area contributed by atoms with Crippen molar-refractivity contribution in [3.8, 4) is 34.4 Å². The molecule has 48 heavy (non-hydrogen) atoms. The number of pyridine rings is 1. The lowest BCUT2D eigenvalue weighted by atomic mass is 10.1. The van der Waals surface area contributed by atoms with Crippen LogP contribution in [0.5, 0.6) is 28.7 Å². The van der Waals surface area contributed by atoms with Crippen molar-refractivity contribution in [2.45, 2.75) is 13.3 Å². The third-order valence-corrected chi connectivity index (χ3v) is 8.29. The first-order valence-corrected chi connectivity index (χ1v) is 15.7. The van der Waals surface area contributed by atoms with E-state index < -0.39 is 11.7 Å². The molecule has 0 radical (unpaired) electrons. The van der Waals surface area contributed by atoms with Crippen molar-refractivity contribution < 1.29 is 28.1 Å². The SMILES string of the molecule is COc1cc2c(Oc3ccc(NC(=O)c4nnn(-c5ccccc5OC)c4C)cc3F)ccnc2cc1OCCCN1CCN(C)CC1. The zero-order valence-electron chi connectivity index (χ0n) is 27.4. The molecular weight excluding hydrogens is 617 g/mol. The van der Waals surface area contributed by atoms with Crippen LogP contribution in [-0.4, -0.2) is 96.3 Å². The fraction of sp³-hybridized carbons (Fsp3) is 0.314. The molecule has 0 unspecified atom stereocenters. The average Bonchev–Trinajstić information content (AvgIpc) is 3.49. The Morgan fingerprint density at radius 2 is 1.71 bits per heavy atom. The number of benzene rings is 3. The number of para-hydroxylation sites is 2. The Labute approximate surface area is 278 Å². The van der Waals surface area contributed by atoms with Gasteiger partial charge in [-0.05, 0) is 56.8 Å². The zero-order chi connectivity index (χ0) is 33.6. The van der Waals surface area contributed by atoms with Gasteiger partial charge in [0.15, 0.2) is 28.8 Å². The maximum atomic E-state index is 15.3. The number of carbonyl (C=O) groups is 1. The van der Waals surface area contributed by atoms with Crippen LogP contribution in [0.1, 0.15) is 22.6 Å². The zero-order valence-corrected chi connectivity index (χ0v) is 27.4. The number of aromatic nitrogens is 4. The van der Waals surface area contributed by atoms with Crippen LogP contribution in [0.4, 0.5) is 10.1 Å². The van der Waals surface area contributed by atoms with E-state index in [0.717, 1.165) is 39.1 Å². The van der Waals surface area contributed by atoms with Crippen molar-refractivity contribution in [2.75, 3.05) is 65.9 Å². The Kier molecular flexibility index (Phi) is 9.97. The lowest BCUT2D eigenvalue weighted by Crippen LogP contribution is -2.44. The number of halogens is 1. The summed E-state index contributed by atoms with van der Waals surface area (Å²) >= 11 is 0. The number of piperazine rings is 1. The van der Waals surface area contributed by atoms with Crippen LogP contribution in [0.15, 0.2) is 66.9 Å². The Hall–Kier alpha value is -5.27. The predicted octanol–water partition coefficient (Wildman–Crippen LogP) is 5.34. The second-order valence-electron chi connectivity index (χ2n) is 11.5. The number of methoxy groups -OCH3 is 2. The Morgan fingerprint density at radius 3 is 2.48 bits per heavy atom. The van der Waals surface area contributed by atoms with Gasteiger partial charge in [-0.1, -0.05) is 17.3 Å². The molecule has 2 aromatic heterocycles. The number of carbonyl (C=O) groups excluding carboxylic acids is 1. The molecule has 0 aliphatic carbocycles. The predicted molar refractivity (Wildman–Crippen MR) is 179 cm³/mol. The molecule has 3 heterocycles. The second kappa shape index (κ2) is 14.7. The first-order valence-electron chi connectivity index (χ1n) is 15.7. The van der Waals surface area contributed by atoms with Crippen LogP contribution in [0.2, 0.25) is 0 Å². The van der Waals surface area contributed by atoms with Gasteiger partial charge in [0.2, 0.25) is 0 Å². The van der Waals surface area contributed by atoms with E-state index >= 15 is 4.39 Å². The molecule has 13 heteroatoms. The monoisotopic (exact) mass is 655 g/mol. The molecule has 250 valence electrons. The number of anilines is 1. The summed E-state index contributed by atoms with van der Waals surface area (Å²) in [6.07, 6.45) is 2.48. The number of amides is 1. The quantitative estimate of drug-likeness (QED) is 0.177.